The van der Waals surface area contributed by atoms with Gasteiger partial charge in [-0.25, -0.2) is 0 Å². The van der Waals surface area contributed by atoms with Crippen molar-refractivity contribution >= 4 is 11.6 Å². The summed E-state index contributed by atoms with van der Waals surface area (Å²) in [4.78, 5) is 0. The van der Waals surface area contributed by atoms with Gasteiger partial charge in [-0.05, 0) is 31.4 Å². The number of phenolic OH excluding ortho intramolecular Hbond substituents is 1. The first-order valence-corrected chi connectivity index (χ1v) is 7.08. The SMILES string of the molecule is CC(C)CCCC(C)NCc1c(O)cccc1Cl. The fraction of sp³-hybridized carbons (Fsp3) is 0.600. The van der Waals surface area contributed by atoms with Crippen LogP contribution in [0.2, 0.25) is 5.02 Å². The third kappa shape index (κ3) is 5.28. The van der Waals surface area contributed by atoms with Crippen molar-refractivity contribution in [3.05, 3.63) is 28.8 Å². The van der Waals surface area contributed by atoms with E-state index < -0.39 is 0 Å². The summed E-state index contributed by atoms with van der Waals surface area (Å²) in [5.74, 6) is 1.04. The Balaban J connectivity index is 2.36. The van der Waals surface area contributed by atoms with Gasteiger partial charge < -0.3 is 10.4 Å². The van der Waals surface area contributed by atoms with Crippen molar-refractivity contribution in [3.63, 3.8) is 0 Å². The summed E-state index contributed by atoms with van der Waals surface area (Å²) in [5, 5.41) is 13.8. The third-order valence-electron chi connectivity index (χ3n) is 3.14. The normalized spacial score (nSPS) is 12.9. The Bertz CT molecular complexity index is 345. The maximum atomic E-state index is 9.73. The van der Waals surface area contributed by atoms with Crippen molar-refractivity contribution in [1.29, 1.82) is 0 Å². The van der Waals surface area contributed by atoms with E-state index in [9.17, 15) is 5.11 Å². The molecule has 0 saturated carbocycles. The van der Waals surface area contributed by atoms with E-state index in [0.717, 1.165) is 17.9 Å². The van der Waals surface area contributed by atoms with Crippen LogP contribution in [0.4, 0.5) is 0 Å². The number of rotatable bonds is 7. The Labute approximate surface area is 115 Å². The van der Waals surface area contributed by atoms with Gasteiger partial charge in [0.2, 0.25) is 0 Å². The van der Waals surface area contributed by atoms with E-state index in [1.165, 1.54) is 12.8 Å². The molecule has 0 aliphatic heterocycles. The highest BCUT2D eigenvalue weighted by Gasteiger charge is 2.08. The number of nitrogens with one attached hydrogen (secondary N) is 1. The van der Waals surface area contributed by atoms with Crippen molar-refractivity contribution < 1.29 is 5.11 Å². The van der Waals surface area contributed by atoms with Gasteiger partial charge in [-0.3, -0.25) is 0 Å². The Morgan fingerprint density at radius 3 is 2.56 bits per heavy atom. The second-order valence-corrected chi connectivity index (χ2v) is 5.75. The molecule has 2 nitrogen and oxygen atoms in total. The zero-order chi connectivity index (χ0) is 13.5. The summed E-state index contributed by atoms with van der Waals surface area (Å²) >= 11 is 6.06. The molecule has 1 aromatic carbocycles. The fourth-order valence-corrected chi connectivity index (χ4v) is 2.17. The summed E-state index contributed by atoms with van der Waals surface area (Å²) in [5.41, 5.74) is 0.787. The second kappa shape index (κ2) is 7.65. The summed E-state index contributed by atoms with van der Waals surface area (Å²) in [6.45, 7) is 7.29. The summed E-state index contributed by atoms with van der Waals surface area (Å²) < 4.78 is 0. The zero-order valence-corrected chi connectivity index (χ0v) is 12.3. The third-order valence-corrected chi connectivity index (χ3v) is 3.49. The molecule has 0 aliphatic carbocycles. The summed E-state index contributed by atoms with van der Waals surface area (Å²) in [6, 6.07) is 5.68. The van der Waals surface area contributed by atoms with Crippen LogP contribution in [0.5, 0.6) is 5.75 Å². The summed E-state index contributed by atoms with van der Waals surface area (Å²) in [6.07, 6.45) is 3.66. The quantitative estimate of drug-likeness (QED) is 0.771. The number of hydrogen-bond acceptors (Lipinski definition) is 2. The van der Waals surface area contributed by atoms with Crippen molar-refractivity contribution in [2.75, 3.05) is 0 Å². The molecule has 0 saturated heterocycles. The lowest BCUT2D eigenvalue weighted by molar-refractivity contribution is 0.440. The minimum absolute atomic E-state index is 0.268. The van der Waals surface area contributed by atoms with E-state index in [-0.39, 0.29) is 5.75 Å². The maximum absolute atomic E-state index is 9.73. The lowest BCUT2D eigenvalue weighted by Gasteiger charge is -2.15. The molecule has 1 rings (SSSR count). The van der Waals surface area contributed by atoms with Crippen LogP contribution < -0.4 is 5.32 Å². The standard InChI is InChI=1S/C15H24ClNO/c1-11(2)6-4-7-12(3)17-10-13-14(16)8-5-9-15(13)18/h5,8-9,11-12,17-18H,4,6-7,10H2,1-3H3. The molecule has 1 atom stereocenters. The zero-order valence-electron chi connectivity index (χ0n) is 11.5. The van der Waals surface area contributed by atoms with E-state index >= 15 is 0 Å². The minimum atomic E-state index is 0.268. The fourth-order valence-electron chi connectivity index (χ4n) is 1.93. The molecule has 0 radical (unpaired) electrons. The molecule has 102 valence electrons. The molecule has 0 heterocycles. The van der Waals surface area contributed by atoms with Crippen LogP contribution in [-0.4, -0.2) is 11.1 Å². The second-order valence-electron chi connectivity index (χ2n) is 5.34. The van der Waals surface area contributed by atoms with E-state index in [4.69, 9.17) is 11.6 Å². The Kier molecular flexibility index (Phi) is 6.51. The molecule has 18 heavy (non-hydrogen) atoms. The molecule has 0 aliphatic rings. The Morgan fingerprint density at radius 2 is 1.94 bits per heavy atom. The maximum Gasteiger partial charge on any atom is 0.121 e. The van der Waals surface area contributed by atoms with Gasteiger partial charge >= 0.3 is 0 Å². The molecule has 0 bridgehead atoms. The molecule has 1 aromatic rings. The molecule has 0 amide bonds. The largest absolute Gasteiger partial charge is 0.508 e. The van der Waals surface area contributed by atoms with Crippen LogP contribution in [0.15, 0.2) is 18.2 Å². The molecule has 1 unspecified atom stereocenters. The number of benzene rings is 1. The molecular formula is C15H24ClNO. The Hall–Kier alpha value is -0.730. The van der Waals surface area contributed by atoms with Gasteiger partial charge in [-0.15, -0.1) is 0 Å². The summed E-state index contributed by atoms with van der Waals surface area (Å²) in [7, 11) is 0. The predicted molar refractivity (Wildman–Crippen MR) is 78.1 cm³/mol. The highest BCUT2D eigenvalue weighted by Crippen LogP contribution is 2.25. The van der Waals surface area contributed by atoms with Crippen LogP contribution in [0.3, 0.4) is 0 Å². The smallest absolute Gasteiger partial charge is 0.121 e. The lowest BCUT2D eigenvalue weighted by Crippen LogP contribution is -2.25. The van der Waals surface area contributed by atoms with Crippen molar-refractivity contribution in [3.8, 4) is 5.75 Å². The molecule has 0 fully saturated rings. The Morgan fingerprint density at radius 1 is 1.22 bits per heavy atom. The van der Waals surface area contributed by atoms with Gasteiger partial charge in [0.25, 0.3) is 0 Å². The molecule has 0 spiro atoms. The van der Waals surface area contributed by atoms with Gasteiger partial charge in [0, 0.05) is 23.2 Å². The van der Waals surface area contributed by atoms with Crippen LogP contribution in [0.25, 0.3) is 0 Å². The van der Waals surface area contributed by atoms with Gasteiger partial charge in [0.05, 0.1) is 0 Å². The number of phenols is 1. The van der Waals surface area contributed by atoms with Gasteiger partial charge in [-0.2, -0.15) is 0 Å². The first-order valence-electron chi connectivity index (χ1n) is 6.70. The first kappa shape index (κ1) is 15.3. The van der Waals surface area contributed by atoms with Crippen LogP contribution >= 0.6 is 11.6 Å². The number of halogens is 1. The molecule has 0 aromatic heterocycles. The van der Waals surface area contributed by atoms with Gasteiger partial charge in [0.15, 0.2) is 0 Å². The van der Waals surface area contributed by atoms with Crippen molar-refractivity contribution in [1.82, 2.24) is 5.32 Å². The highest BCUT2D eigenvalue weighted by atomic mass is 35.5. The minimum Gasteiger partial charge on any atom is -0.508 e. The van der Waals surface area contributed by atoms with Crippen LogP contribution in [-0.2, 0) is 6.54 Å². The average molecular weight is 270 g/mol. The average Bonchev–Trinajstić information content (AvgIpc) is 2.27. The van der Waals surface area contributed by atoms with Crippen LogP contribution in [0, 0.1) is 5.92 Å². The lowest BCUT2D eigenvalue weighted by atomic mass is 10.0. The van der Waals surface area contributed by atoms with Gasteiger partial charge in [0.1, 0.15) is 5.75 Å². The van der Waals surface area contributed by atoms with Gasteiger partial charge in [-0.1, -0.05) is 44.4 Å². The highest BCUT2D eigenvalue weighted by molar-refractivity contribution is 6.31. The topological polar surface area (TPSA) is 32.3 Å². The van der Waals surface area contributed by atoms with Crippen molar-refractivity contribution in [2.45, 2.75) is 52.6 Å². The monoisotopic (exact) mass is 269 g/mol. The molecule has 3 heteroatoms. The first-order chi connectivity index (χ1) is 8.50. The number of hydrogen-bond donors (Lipinski definition) is 2. The molecule has 2 N–H and O–H groups in total. The van der Waals surface area contributed by atoms with E-state index in [1.54, 1.807) is 12.1 Å². The number of aromatic hydroxyl groups is 1. The van der Waals surface area contributed by atoms with Crippen LogP contribution in [0.1, 0.15) is 45.6 Å². The van der Waals surface area contributed by atoms with Crippen molar-refractivity contribution in [2.24, 2.45) is 5.92 Å². The van der Waals surface area contributed by atoms with E-state index in [0.29, 0.717) is 17.6 Å². The van der Waals surface area contributed by atoms with E-state index in [2.05, 4.69) is 26.1 Å². The molecular weight excluding hydrogens is 246 g/mol. The van der Waals surface area contributed by atoms with E-state index in [1.807, 2.05) is 6.07 Å². The predicted octanol–water partition coefficient (Wildman–Crippen LogP) is 4.35.